The molecule has 0 N–H and O–H groups in total. The van der Waals surface area contributed by atoms with Crippen molar-refractivity contribution in [2.45, 2.75) is 19.4 Å². The summed E-state index contributed by atoms with van der Waals surface area (Å²) in [5, 5.41) is 12.4. The molecule has 1 atom stereocenters. The minimum Gasteiger partial charge on any atom is -0.192 e. The Morgan fingerprint density at radius 3 is 2.68 bits per heavy atom. The Kier molecular flexibility index (Phi) is 4.04. The Morgan fingerprint density at radius 2 is 2.11 bits per heavy atom. The van der Waals surface area contributed by atoms with E-state index >= 15 is 0 Å². The third kappa shape index (κ3) is 2.69. The van der Waals surface area contributed by atoms with Crippen molar-refractivity contribution in [3.8, 4) is 6.07 Å². The standard InChI is InChI=1S/C16H14N2O/c1-2-12-10-14(8-9-16(12)18-19)15(11-17)13-6-4-3-5-7-13/h3-10,16H,2H2,1H3/b15-14+. The predicted molar refractivity (Wildman–Crippen MR) is 76.1 cm³/mol. The highest BCUT2D eigenvalue weighted by Crippen LogP contribution is 2.27. The number of benzene rings is 1. The van der Waals surface area contributed by atoms with E-state index in [1.54, 1.807) is 12.2 Å². The van der Waals surface area contributed by atoms with Crippen LogP contribution in [0, 0.1) is 16.2 Å². The highest BCUT2D eigenvalue weighted by Gasteiger charge is 2.16. The van der Waals surface area contributed by atoms with Gasteiger partial charge in [0.1, 0.15) is 12.1 Å². The molecule has 0 radical (unpaired) electrons. The second-order valence-electron chi connectivity index (χ2n) is 4.29. The highest BCUT2D eigenvalue weighted by atomic mass is 16.3. The molecule has 0 aliphatic heterocycles. The van der Waals surface area contributed by atoms with Crippen LogP contribution in [-0.4, -0.2) is 6.04 Å². The first-order valence-electron chi connectivity index (χ1n) is 6.21. The van der Waals surface area contributed by atoms with Gasteiger partial charge in [-0.2, -0.15) is 5.26 Å². The van der Waals surface area contributed by atoms with E-state index in [-0.39, 0.29) is 0 Å². The first-order valence-corrected chi connectivity index (χ1v) is 6.21. The van der Waals surface area contributed by atoms with Crippen LogP contribution in [0.2, 0.25) is 0 Å². The van der Waals surface area contributed by atoms with Gasteiger partial charge in [0.15, 0.2) is 0 Å². The number of hydrogen-bond acceptors (Lipinski definition) is 3. The molecule has 3 heteroatoms. The Bertz CT molecular complexity index is 603. The smallest absolute Gasteiger partial charge is 0.132 e. The summed E-state index contributed by atoms with van der Waals surface area (Å²) in [5.74, 6) is 0. The zero-order chi connectivity index (χ0) is 13.7. The lowest BCUT2D eigenvalue weighted by Gasteiger charge is -2.14. The molecule has 0 bridgehead atoms. The van der Waals surface area contributed by atoms with Crippen molar-refractivity contribution >= 4 is 5.57 Å². The Labute approximate surface area is 112 Å². The van der Waals surface area contributed by atoms with E-state index in [2.05, 4.69) is 11.2 Å². The lowest BCUT2D eigenvalue weighted by atomic mass is 9.91. The molecule has 0 saturated carbocycles. The maximum absolute atomic E-state index is 10.7. The molecule has 1 aliphatic rings. The van der Waals surface area contributed by atoms with Crippen LogP contribution < -0.4 is 0 Å². The van der Waals surface area contributed by atoms with Gasteiger partial charge in [0.2, 0.25) is 0 Å². The summed E-state index contributed by atoms with van der Waals surface area (Å²) in [7, 11) is 0. The van der Waals surface area contributed by atoms with Crippen LogP contribution in [-0.2, 0) is 0 Å². The van der Waals surface area contributed by atoms with Crippen LogP contribution in [0.5, 0.6) is 0 Å². The summed E-state index contributed by atoms with van der Waals surface area (Å²) >= 11 is 0. The van der Waals surface area contributed by atoms with Crippen molar-refractivity contribution in [3.05, 3.63) is 70.2 Å². The summed E-state index contributed by atoms with van der Waals surface area (Å²) in [6.07, 6.45) is 6.20. The van der Waals surface area contributed by atoms with Gasteiger partial charge in [-0.25, -0.2) is 0 Å². The highest BCUT2D eigenvalue weighted by molar-refractivity contribution is 5.83. The largest absolute Gasteiger partial charge is 0.192 e. The van der Waals surface area contributed by atoms with Crippen LogP contribution in [0.15, 0.2) is 64.9 Å². The maximum Gasteiger partial charge on any atom is 0.132 e. The van der Waals surface area contributed by atoms with Crippen molar-refractivity contribution in [2.24, 2.45) is 5.18 Å². The van der Waals surface area contributed by atoms with Crippen molar-refractivity contribution in [1.29, 1.82) is 5.26 Å². The number of rotatable bonds is 3. The lowest BCUT2D eigenvalue weighted by Crippen LogP contribution is -2.07. The first kappa shape index (κ1) is 13.0. The van der Waals surface area contributed by atoms with Gasteiger partial charge in [-0.3, -0.25) is 0 Å². The average molecular weight is 250 g/mol. The van der Waals surface area contributed by atoms with Gasteiger partial charge in [0, 0.05) is 0 Å². The third-order valence-corrected chi connectivity index (χ3v) is 3.16. The lowest BCUT2D eigenvalue weighted by molar-refractivity contribution is 0.867. The second kappa shape index (κ2) is 5.92. The summed E-state index contributed by atoms with van der Waals surface area (Å²) in [4.78, 5) is 10.7. The molecule has 1 aromatic carbocycles. The fraction of sp³-hybridized carbons (Fsp3) is 0.188. The van der Waals surface area contributed by atoms with Gasteiger partial charge >= 0.3 is 0 Å². The quantitative estimate of drug-likeness (QED) is 0.601. The number of nitriles is 1. The van der Waals surface area contributed by atoms with E-state index in [0.29, 0.717) is 5.57 Å². The average Bonchev–Trinajstić information content (AvgIpc) is 2.49. The molecule has 19 heavy (non-hydrogen) atoms. The van der Waals surface area contributed by atoms with Gasteiger partial charge in [-0.05, 0) is 23.1 Å². The van der Waals surface area contributed by atoms with Gasteiger partial charge in [-0.1, -0.05) is 60.7 Å². The maximum atomic E-state index is 10.7. The molecule has 1 aliphatic carbocycles. The monoisotopic (exact) mass is 250 g/mol. The summed E-state index contributed by atoms with van der Waals surface area (Å²) in [6.45, 7) is 1.98. The Hall–Kier alpha value is -2.47. The van der Waals surface area contributed by atoms with E-state index in [9.17, 15) is 10.2 Å². The van der Waals surface area contributed by atoms with Crippen molar-refractivity contribution in [2.75, 3.05) is 0 Å². The van der Waals surface area contributed by atoms with Crippen LogP contribution in [0.3, 0.4) is 0 Å². The molecule has 0 aromatic heterocycles. The molecule has 0 saturated heterocycles. The normalized spacial score (nSPS) is 20.4. The molecule has 0 heterocycles. The van der Waals surface area contributed by atoms with E-state index in [1.807, 2.05) is 43.3 Å². The van der Waals surface area contributed by atoms with Crippen LogP contribution >= 0.6 is 0 Å². The fourth-order valence-electron chi connectivity index (χ4n) is 2.12. The van der Waals surface area contributed by atoms with Gasteiger partial charge in [-0.15, -0.1) is 4.91 Å². The molecule has 2 rings (SSSR count). The molecule has 1 unspecified atom stereocenters. The minimum absolute atomic E-state index is 0.399. The molecule has 3 nitrogen and oxygen atoms in total. The molecule has 1 aromatic rings. The number of allylic oxidation sites excluding steroid dienone is 4. The van der Waals surface area contributed by atoms with E-state index in [0.717, 1.165) is 23.1 Å². The van der Waals surface area contributed by atoms with Gasteiger partial charge in [0.05, 0.1) is 5.57 Å². The summed E-state index contributed by atoms with van der Waals surface area (Å²) < 4.78 is 0. The molecule has 94 valence electrons. The van der Waals surface area contributed by atoms with E-state index in [1.165, 1.54) is 0 Å². The number of nitroso groups, excluding NO2 is 1. The first-order chi connectivity index (χ1) is 9.30. The Balaban J connectivity index is 2.50. The summed E-state index contributed by atoms with van der Waals surface area (Å²) in [5.41, 5.74) is 3.28. The Morgan fingerprint density at radius 1 is 1.37 bits per heavy atom. The third-order valence-electron chi connectivity index (χ3n) is 3.16. The van der Waals surface area contributed by atoms with Crippen LogP contribution in [0.25, 0.3) is 5.57 Å². The number of hydrogen-bond donors (Lipinski definition) is 0. The minimum atomic E-state index is -0.399. The SMILES string of the molecule is CCC1=C/C(=C(\C#N)c2ccccc2)C=CC1N=O. The topological polar surface area (TPSA) is 53.2 Å². The van der Waals surface area contributed by atoms with Crippen molar-refractivity contribution in [3.63, 3.8) is 0 Å². The van der Waals surface area contributed by atoms with Crippen LogP contribution in [0.4, 0.5) is 0 Å². The van der Waals surface area contributed by atoms with Crippen molar-refractivity contribution < 1.29 is 0 Å². The molecule has 0 amide bonds. The van der Waals surface area contributed by atoms with E-state index < -0.39 is 6.04 Å². The second-order valence-corrected chi connectivity index (χ2v) is 4.29. The van der Waals surface area contributed by atoms with Crippen LogP contribution in [0.1, 0.15) is 18.9 Å². The zero-order valence-electron chi connectivity index (χ0n) is 10.7. The molecule has 0 fully saturated rings. The van der Waals surface area contributed by atoms with E-state index in [4.69, 9.17) is 0 Å². The summed E-state index contributed by atoms with van der Waals surface area (Å²) in [6, 6.07) is 11.4. The van der Waals surface area contributed by atoms with Gasteiger partial charge in [0.25, 0.3) is 0 Å². The van der Waals surface area contributed by atoms with Gasteiger partial charge < -0.3 is 0 Å². The molecular weight excluding hydrogens is 236 g/mol. The predicted octanol–water partition coefficient (Wildman–Crippen LogP) is 4.00. The zero-order valence-corrected chi connectivity index (χ0v) is 10.7. The molecular formula is C16H14N2O. The van der Waals surface area contributed by atoms with Crippen molar-refractivity contribution in [1.82, 2.24) is 0 Å². The fourth-order valence-corrected chi connectivity index (χ4v) is 2.12. The molecule has 0 spiro atoms. The number of nitrogens with zero attached hydrogens (tertiary/aromatic N) is 2.